The normalized spacial score (nSPS) is 27.5. The third kappa shape index (κ3) is 3.33. The van der Waals surface area contributed by atoms with Gasteiger partial charge < -0.3 is 24.4 Å². The van der Waals surface area contributed by atoms with Crippen LogP contribution in [0.3, 0.4) is 0 Å². The number of fused-ring (bicyclic) bond motifs is 1. The molecule has 7 heteroatoms. The smallest absolute Gasteiger partial charge is 0.231 e. The highest BCUT2D eigenvalue weighted by Crippen LogP contribution is 2.52. The molecule has 2 aromatic carbocycles. The van der Waals surface area contributed by atoms with E-state index in [1.807, 2.05) is 35.3 Å². The van der Waals surface area contributed by atoms with E-state index in [0.29, 0.717) is 30.3 Å². The Bertz CT molecular complexity index is 1070. The summed E-state index contributed by atoms with van der Waals surface area (Å²) in [5, 5.41) is 2.94. The van der Waals surface area contributed by atoms with Crippen molar-refractivity contribution < 1.29 is 23.8 Å². The molecular formula is C25H26N2O5. The van der Waals surface area contributed by atoms with Gasteiger partial charge in [-0.1, -0.05) is 42.5 Å². The van der Waals surface area contributed by atoms with Crippen LogP contribution in [0.1, 0.15) is 5.56 Å². The highest BCUT2D eigenvalue weighted by atomic mass is 16.5. The Labute approximate surface area is 186 Å². The molecule has 7 nitrogen and oxygen atoms in total. The summed E-state index contributed by atoms with van der Waals surface area (Å²) < 4.78 is 16.8. The van der Waals surface area contributed by atoms with Crippen molar-refractivity contribution >= 4 is 17.5 Å². The molecule has 32 heavy (non-hydrogen) atoms. The monoisotopic (exact) mass is 434 g/mol. The van der Waals surface area contributed by atoms with Crippen LogP contribution in [0.25, 0.3) is 0 Å². The Balaban J connectivity index is 1.32. The fourth-order valence-corrected chi connectivity index (χ4v) is 5.12. The molecule has 0 aliphatic carbocycles. The van der Waals surface area contributed by atoms with Crippen molar-refractivity contribution in [3.05, 3.63) is 66.2 Å². The van der Waals surface area contributed by atoms with Crippen LogP contribution in [0, 0.1) is 11.8 Å². The van der Waals surface area contributed by atoms with Crippen molar-refractivity contribution in [3.8, 4) is 11.5 Å². The number of methoxy groups -OCH3 is 2. The number of likely N-dealkylation sites (tertiary alicyclic amines) is 1. The second-order valence-corrected chi connectivity index (χ2v) is 8.45. The van der Waals surface area contributed by atoms with Crippen LogP contribution < -0.4 is 14.8 Å². The number of amides is 2. The van der Waals surface area contributed by atoms with Gasteiger partial charge in [0.05, 0.1) is 38.7 Å². The van der Waals surface area contributed by atoms with Gasteiger partial charge in [0, 0.05) is 18.3 Å². The summed E-state index contributed by atoms with van der Waals surface area (Å²) in [5.74, 6) is -0.210. The van der Waals surface area contributed by atoms with Crippen molar-refractivity contribution in [2.45, 2.75) is 18.1 Å². The van der Waals surface area contributed by atoms with Crippen LogP contribution in [0.4, 0.5) is 5.69 Å². The van der Waals surface area contributed by atoms with Gasteiger partial charge >= 0.3 is 0 Å². The standard InChI is InChI=1S/C25H26N2O5/c1-30-18-9-8-17(14-20(18)31-2)26-23(28)21-19-10-12-25(32-19)15-27(24(29)22(21)25)13-11-16-6-4-3-5-7-16/h3-10,12,14,19,21-22H,11,13,15H2,1-2H3,(H,26,28)/t19-,21-,22-,25-/m1/s1. The molecule has 166 valence electrons. The van der Waals surface area contributed by atoms with E-state index >= 15 is 0 Å². The van der Waals surface area contributed by atoms with Gasteiger partial charge in [0.2, 0.25) is 11.8 Å². The number of carbonyl (C=O) groups excluding carboxylic acids is 2. The maximum absolute atomic E-state index is 13.3. The van der Waals surface area contributed by atoms with Crippen LogP contribution in [0.2, 0.25) is 0 Å². The molecule has 2 aromatic rings. The molecule has 3 aliphatic rings. The first-order valence-corrected chi connectivity index (χ1v) is 10.8. The highest BCUT2D eigenvalue weighted by molar-refractivity contribution is 5.99. The van der Waals surface area contributed by atoms with Gasteiger partial charge in [-0.05, 0) is 24.1 Å². The number of ether oxygens (including phenoxy) is 3. The zero-order valence-corrected chi connectivity index (χ0v) is 18.1. The summed E-state index contributed by atoms with van der Waals surface area (Å²) in [4.78, 5) is 28.4. The minimum atomic E-state index is -0.710. The zero-order valence-electron chi connectivity index (χ0n) is 18.1. The summed E-state index contributed by atoms with van der Waals surface area (Å²) >= 11 is 0. The molecule has 1 N–H and O–H groups in total. The van der Waals surface area contributed by atoms with Gasteiger partial charge in [-0.15, -0.1) is 0 Å². The number of nitrogens with one attached hydrogen (secondary N) is 1. The van der Waals surface area contributed by atoms with E-state index in [1.165, 1.54) is 5.56 Å². The number of carbonyl (C=O) groups is 2. The third-order valence-electron chi connectivity index (χ3n) is 6.65. The second kappa shape index (κ2) is 7.98. The Kier molecular flexibility index (Phi) is 5.13. The van der Waals surface area contributed by atoms with Crippen LogP contribution in [-0.4, -0.2) is 55.7 Å². The molecule has 2 amide bonds. The van der Waals surface area contributed by atoms with E-state index in [9.17, 15) is 9.59 Å². The number of hydrogen-bond acceptors (Lipinski definition) is 5. The van der Waals surface area contributed by atoms with Gasteiger partial charge in [-0.3, -0.25) is 9.59 Å². The first kappa shape index (κ1) is 20.6. The fourth-order valence-electron chi connectivity index (χ4n) is 5.12. The Morgan fingerprint density at radius 1 is 1.16 bits per heavy atom. The lowest BCUT2D eigenvalue weighted by Crippen LogP contribution is -2.41. The van der Waals surface area contributed by atoms with Gasteiger partial charge in [0.1, 0.15) is 5.60 Å². The lowest BCUT2D eigenvalue weighted by Gasteiger charge is -2.23. The highest BCUT2D eigenvalue weighted by Gasteiger charge is 2.66. The second-order valence-electron chi connectivity index (χ2n) is 8.45. The SMILES string of the molecule is COc1ccc(NC(=O)[C@@H]2[C@H]3C=C[C@]4(CN(CCc5ccccc5)C(=O)[C@@H]24)O3)cc1OC. The maximum Gasteiger partial charge on any atom is 0.231 e. The molecule has 3 heterocycles. The Morgan fingerprint density at radius 2 is 1.94 bits per heavy atom. The van der Waals surface area contributed by atoms with E-state index in [0.717, 1.165) is 6.42 Å². The number of rotatable bonds is 7. The van der Waals surface area contributed by atoms with Crippen molar-refractivity contribution in [1.29, 1.82) is 0 Å². The number of nitrogens with zero attached hydrogens (tertiary/aromatic N) is 1. The van der Waals surface area contributed by atoms with Gasteiger partial charge in [0.15, 0.2) is 11.5 Å². The molecule has 1 spiro atoms. The minimum absolute atomic E-state index is 0.0137. The van der Waals surface area contributed by atoms with E-state index in [2.05, 4.69) is 17.4 Å². The molecule has 0 radical (unpaired) electrons. The zero-order chi connectivity index (χ0) is 22.3. The van der Waals surface area contributed by atoms with Crippen molar-refractivity contribution in [2.75, 3.05) is 32.6 Å². The fraction of sp³-hybridized carbons (Fsp3) is 0.360. The lowest BCUT2D eigenvalue weighted by molar-refractivity contribution is -0.135. The molecule has 4 atom stereocenters. The minimum Gasteiger partial charge on any atom is -0.493 e. The largest absolute Gasteiger partial charge is 0.493 e. The first-order chi connectivity index (χ1) is 15.5. The van der Waals surface area contributed by atoms with Gasteiger partial charge in [-0.2, -0.15) is 0 Å². The number of anilines is 1. The topological polar surface area (TPSA) is 77.1 Å². The lowest BCUT2D eigenvalue weighted by atomic mass is 9.77. The quantitative estimate of drug-likeness (QED) is 0.678. The molecule has 0 unspecified atom stereocenters. The van der Waals surface area contributed by atoms with Crippen LogP contribution in [-0.2, 0) is 20.7 Å². The molecule has 5 rings (SSSR count). The average Bonchev–Trinajstić information content (AvgIpc) is 3.46. The van der Waals surface area contributed by atoms with Crippen LogP contribution in [0.15, 0.2) is 60.7 Å². The van der Waals surface area contributed by atoms with E-state index < -0.39 is 17.4 Å². The summed E-state index contributed by atoms with van der Waals surface area (Å²) in [6.07, 6.45) is 4.28. The Hall–Kier alpha value is -3.32. The van der Waals surface area contributed by atoms with Crippen LogP contribution >= 0.6 is 0 Å². The van der Waals surface area contributed by atoms with Gasteiger partial charge in [0.25, 0.3) is 0 Å². The molecule has 0 aromatic heterocycles. The van der Waals surface area contributed by atoms with E-state index in [-0.39, 0.29) is 17.9 Å². The third-order valence-corrected chi connectivity index (χ3v) is 6.65. The molecule has 0 saturated carbocycles. The Morgan fingerprint density at radius 3 is 2.69 bits per heavy atom. The molecule has 3 aliphatic heterocycles. The maximum atomic E-state index is 13.3. The number of hydrogen-bond donors (Lipinski definition) is 1. The summed E-state index contributed by atoms with van der Waals surface area (Å²) in [6.45, 7) is 1.09. The van der Waals surface area contributed by atoms with E-state index in [1.54, 1.807) is 32.4 Å². The van der Waals surface area contributed by atoms with Crippen LogP contribution in [0.5, 0.6) is 11.5 Å². The summed E-state index contributed by atoms with van der Waals surface area (Å²) in [7, 11) is 3.10. The van der Waals surface area contributed by atoms with Crippen molar-refractivity contribution in [1.82, 2.24) is 4.90 Å². The summed E-state index contributed by atoms with van der Waals surface area (Å²) in [6, 6.07) is 15.3. The predicted molar refractivity (Wildman–Crippen MR) is 119 cm³/mol. The average molecular weight is 434 g/mol. The van der Waals surface area contributed by atoms with Crippen molar-refractivity contribution in [3.63, 3.8) is 0 Å². The van der Waals surface area contributed by atoms with E-state index in [4.69, 9.17) is 14.2 Å². The molecule has 2 bridgehead atoms. The predicted octanol–water partition coefficient (Wildman–Crippen LogP) is 2.67. The first-order valence-electron chi connectivity index (χ1n) is 10.8. The van der Waals surface area contributed by atoms with Crippen molar-refractivity contribution in [2.24, 2.45) is 11.8 Å². The molecule has 2 saturated heterocycles. The number of benzene rings is 2. The molecule has 2 fully saturated rings. The van der Waals surface area contributed by atoms with Gasteiger partial charge in [-0.25, -0.2) is 0 Å². The molecular weight excluding hydrogens is 408 g/mol. The summed E-state index contributed by atoms with van der Waals surface area (Å²) in [5.41, 5.74) is 1.05.